The molecule has 0 amide bonds. The predicted octanol–water partition coefficient (Wildman–Crippen LogP) is 1.65. The van der Waals surface area contributed by atoms with Gasteiger partial charge in [0.15, 0.2) is 0 Å². The zero-order valence-corrected chi connectivity index (χ0v) is 11.1. The lowest BCUT2D eigenvalue weighted by Crippen LogP contribution is -2.19. The Labute approximate surface area is 108 Å². The third kappa shape index (κ3) is 3.80. The fourth-order valence-corrected chi connectivity index (χ4v) is 1.69. The quantitative estimate of drug-likeness (QED) is 0.641. The fourth-order valence-electron chi connectivity index (χ4n) is 1.34. The molecule has 0 aliphatic heterocycles. The number of ether oxygens (including phenoxy) is 1. The predicted molar refractivity (Wildman–Crippen MR) is 67.2 cm³/mol. The normalized spacial score (nSPS) is 14.1. The molecule has 0 bridgehead atoms. The van der Waals surface area contributed by atoms with Crippen molar-refractivity contribution in [3.05, 3.63) is 35.4 Å². The topological polar surface area (TPSA) is 66.8 Å². The Morgan fingerprint density at radius 1 is 1.35 bits per heavy atom. The Morgan fingerprint density at radius 3 is 2.41 bits per heavy atom. The molecular formula is C12H15BrO4. The van der Waals surface area contributed by atoms with Crippen LogP contribution >= 0.6 is 15.9 Å². The number of benzene rings is 1. The third-order valence-corrected chi connectivity index (χ3v) is 2.95. The molecule has 1 rings (SSSR count). The van der Waals surface area contributed by atoms with Crippen LogP contribution in [0.1, 0.15) is 28.9 Å². The summed E-state index contributed by atoms with van der Waals surface area (Å²) in [5.74, 6) is -0.394. The Kier molecular flexibility index (Phi) is 5.61. The number of aliphatic hydroxyl groups excluding tert-OH is 2. The van der Waals surface area contributed by atoms with E-state index in [2.05, 4.69) is 15.9 Å². The molecule has 1 aromatic carbocycles. The smallest absolute Gasteiger partial charge is 0.338 e. The molecule has 0 aromatic heterocycles. The number of halogens is 1. The average molecular weight is 303 g/mol. The molecule has 0 heterocycles. The minimum absolute atomic E-state index is 0.286. The number of rotatable bonds is 5. The van der Waals surface area contributed by atoms with Gasteiger partial charge in [-0.25, -0.2) is 4.79 Å². The first-order valence-corrected chi connectivity index (χ1v) is 6.41. The molecule has 1 aromatic rings. The molecule has 0 fully saturated rings. The zero-order chi connectivity index (χ0) is 12.8. The Balaban J connectivity index is 2.77. The maximum atomic E-state index is 11.4. The Morgan fingerprint density at radius 2 is 1.94 bits per heavy atom. The van der Waals surface area contributed by atoms with Crippen molar-refractivity contribution in [3.63, 3.8) is 0 Å². The number of hydrogen-bond donors (Lipinski definition) is 2. The Hall–Kier alpha value is -0.910. The van der Waals surface area contributed by atoms with Crippen molar-refractivity contribution < 1.29 is 19.7 Å². The first-order chi connectivity index (χ1) is 8.10. The minimum atomic E-state index is -0.967. The van der Waals surface area contributed by atoms with Crippen LogP contribution < -0.4 is 0 Å². The van der Waals surface area contributed by atoms with Gasteiger partial charge in [-0.15, -0.1) is 0 Å². The van der Waals surface area contributed by atoms with Gasteiger partial charge in [-0.05, 0) is 24.6 Å². The van der Waals surface area contributed by atoms with Crippen molar-refractivity contribution >= 4 is 21.9 Å². The summed E-state index contributed by atoms with van der Waals surface area (Å²) in [6.45, 7) is 2.06. The molecule has 0 spiro atoms. The number of hydrogen-bond acceptors (Lipinski definition) is 4. The van der Waals surface area contributed by atoms with E-state index in [1.54, 1.807) is 31.2 Å². The van der Waals surface area contributed by atoms with Gasteiger partial charge in [0, 0.05) is 5.33 Å². The maximum absolute atomic E-state index is 11.4. The van der Waals surface area contributed by atoms with E-state index >= 15 is 0 Å². The van der Waals surface area contributed by atoms with Crippen molar-refractivity contribution in [1.82, 2.24) is 0 Å². The van der Waals surface area contributed by atoms with Gasteiger partial charge in [-0.2, -0.15) is 0 Å². The summed E-state index contributed by atoms with van der Waals surface area (Å²) in [7, 11) is 0. The van der Waals surface area contributed by atoms with Gasteiger partial charge in [0.05, 0.1) is 18.3 Å². The van der Waals surface area contributed by atoms with Crippen LogP contribution in [0.2, 0.25) is 0 Å². The van der Waals surface area contributed by atoms with Crippen LogP contribution in [0.15, 0.2) is 24.3 Å². The standard InChI is InChI=1S/C12H15BrO4/c1-2-17-12(16)9-5-3-8(4-6-9)11(15)10(14)7-13/h3-6,10-11,14-15H,2,7H2,1H3. The lowest BCUT2D eigenvalue weighted by molar-refractivity contribution is 0.0342. The van der Waals surface area contributed by atoms with Crippen LogP contribution in [-0.2, 0) is 4.74 Å². The molecule has 17 heavy (non-hydrogen) atoms. The molecule has 0 saturated heterocycles. The SMILES string of the molecule is CCOC(=O)c1ccc(C(O)C(O)CBr)cc1. The first kappa shape index (κ1) is 14.2. The minimum Gasteiger partial charge on any atom is -0.462 e. The molecule has 94 valence electrons. The lowest BCUT2D eigenvalue weighted by atomic mass is 10.0. The van der Waals surface area contributed by atoms with E-state index in [9.17, 15) is 15.0 Å². The van der Waals surface area contributed by atoms with Gasteiger partial charge in [-0.3, -0.25) is 0 Å². The van der Waals surface area contributed by atoms with E-state index in [-0.39, 0.29) is 5.33 Å². The monoisotopic (exact) mass is 302 g/mol. The highest BCUT2D eigenvalue weighted by atomic mass is 79.9. The van der Waals surface area contributed by atoms with Crippen LogP contribution in [0.5, 0.6) is 0 Å². The maximum Gasteiger partial charge on any atom is 0.338 e. The number of carbonyl (C=O) groups is 1. The molecular weight excluding hydrogens is 288 g/mol. The summed E-state index contributed by atoms with van der Waals surface area (Å²) < 4.78 is 4.84. The second kappa shape index (κ2) is 6.74. The summed E-state index contributed by atoms with van der Waals surface area (Å²) in [5.41, 5.74) is 0.987. The summed E-state index contributed by atoms with van der Waals surface area (Å²) in [6, 6.07) is 6.33. The van der Waals surface area contributed by atoms with Crippen molar-refractivity contribution in [3.8, 4) is 0 Å². The molecule has 2 atom stereocenters. The van der Waals surface area contributed by atoms with Crippen molar-refractivity contribution in [2.75, 3.05) is 11.9 Å². The molecule has 0 aliphatic rings. The van der Waals surface area contributed by atoms with Crippen molar-refractivity contribution in [2.24, 2.45) is 0 Å². The summed E-state index contributed by atoms with van der Waals surface area (Å²) in [4.78, 5) is 11.4. The number of esters is 1. The molecule has 0 radical (unpaired) electrons. The molecule has 2 unspecified atom stereocenters. The summed E-state index contributed by atoms with van der Waals surface area (Å²) in [5, 5.41) is 19.5. The van der Waals surface area contributed by atoms with Crippen LogP contribution in [0.25, 0.3) is 0 Å². The highest BCUT2D eigenvalue weighted by Gasteiger charge is 2.17. The van der Waals surface area contributed by atoms with Crippen LogP contribution in [-0.4, -0.2) is 34.2 Å². The van der Waals surface area contributed by atoms with Gasteiger partial charge in [-0.1, -0.05) is 28.1 Å². The van der Waals surface area contributed by atoms with Gasteiger partial charge in [0.25, 0.3) is 0 Å². The van der Waals surface area contributed by atoms with Gasteiger partial charge in [0.1, 0.15) is 6.10 Å². The highest BCUT2D eigenvalue weighted by molar-refractivity contribution is 9.09. The second-order valence-electron chi connectivity index (χ2n) is 3.51. The van der Waals surface area contributed by atoms with E-state index in [0.29, 0.717) is 17.7 Å². The van der Waals surface area contributed by atoms with E-state index in [0.717, 1.165) is 0 Å². The zero-order valence-electron chi connectivity index (χ0n) is 9.47. The summed E-state index contributed by atoms with van der Waals surface area (Å²) >= 11 is 3.09. The summed E-state index contributed by atoms with van der Waals surface area (Å²) in [6.07, 6.45) is -1.84. The van der Waals surface area contributed by atoms with Crippen LogP contribution in [0.3, 0.4) is 0 Å². The molecule has 2 N–H and O–H groups in total. The number of carbonyl (C=O) groups excluding carboxylic acids is 1. The van der Waals surface area contributed by atoms with Gasteiger partial charge < -0.3 is 14.9 Å². The lowest BCUT2D eigenvalue weighted by Gasteiger charge is -2.15. The first-order valence-electron chi connectivity index (χ1n) is 5.29. The molecule has 4 nitrogen and oxygen atoms in total. The van der Waals surface area contributed by atoms with Gasteiger partial charge in [0.2, 0.25) is 0 Å². The Bertz CT molecular complexity index is 363. The van der Waals surface area contributed by atoms with E-state index in [4.69, 9.17) is 4.74 Å². The number of aliphatic hydroxyl groups is 2. The fraction of sp³-hybridized carbons (Fsp3) is 0.417. The second-order valence-corrected chi connectivity index (χ2v) is 4.16. The van der Waals surface area contributed by atoms with Gasteiger partial charge >= 0.3 is 5.97 Å². The molecule has 0 aliphatic carbocycles. The largest absolute Gasteiger partial charge is 0.462 e. The number of alkyl halides is 1. The van der Waals surface area contributed by atoms with E-state index in [1.165, 1.54) is 0 Å². The highest BCUT2D eigenvalue weighted by Crippen LogP contribution is 2.19. The van der Waals surface area contributed by atoms with Crippen molar-refractivity contribution in [1.29, 1.82) is 0 Å². The molecule has 0 saturated carbocycles. The average Bonchev–Trinajstić information content (AvgIpc) is 2.37. The third-order valence-electron chi connectivity index (χ3n) is 2.29. The van der Waals surface area contributed by atoms with Crippen LogP contribution in [0, 0.1) is 0 Å². The van der Waals surface area contributed by atoms with Crippen molar-refractivity contribution in [2.45, 2.75) is 19.1 Å². The van der Waals surface area contributed by atoms with E-state index in [1.807, 2.05) is 0 Å². The van der Waals surface area contributed by atoms with Crippen LogP contribution in [0.4, 0.5) is 0 Å². The molecule has 5 heteroatoms. The van der Waals surface area contributed by atoms with E-state index < -0.39 is 18.2 Å².